The highest BCUT2D eigenvalue weighted by atomic mass is 32.2. The van der Waals surface area contributed by atoms with Crippen LogP contribution in [0.3, 0.4) is 0 Å². The van der Waals surface area contributed by atoms with E-state index in [0.29, 0.717) is 10.6 Å². The highest BCUT2D eigenvalue weighted by molar-refractivity contribution is 7.91. The van der Waals surface area contributed by atoms with Crippen LogP contribution in [-0.4, -0.2) is 20.1 Å². The Balaban J connectivity index is 1.59. The summed E-state index contributed by atoms with van der Waals surface area (Å²) in [6, 6.07) is 31.4. The lowest BCUT2D eigenvalue weighted by Crippen LogP contribution is -2.23. The van der Waals surface area contributed by atoms with Crippen molar-refractivity contribution in [2.75, 3.05) is 5.75 Å². The van der Waals surface area contributed by atoms with Gasteiger partial charge in [-0.05, 0) is 77.0 Å². The Morgan fingerprint density at radius 1 is 0.795 bits per heavy atom. The number of esters is 1. The lowest BCUT2D eigenvalue weighted by molar-refractivity contribution is -0.131. The Hall–Kier alpha value is -4.22. The molecular formula is C34H28O4S. The van der Waals surface area contributed by atoms with Crippen LogP contribution in [0.1, 0.15) is 42.0 Å². The van der Waals surface area contributed by atoms with E-state index in [4.69, 9.17) is 4.74 Å². The second-order valence-corrected chi connectivity index (χ2v) is 12.3. The molecule has 4 nitrogen and oxygen atoms in total. The number of rotatable bonds is 5. The maximum atomic E-state index is 13.4. The zero-order valence-corrected chi connectivity index (χ0v) is 22.9. The predicted molar refractivity (Wildman–Crippen MR) is 157 cm³/mol. The number of ether oxygens (including phenoxy) is 1. The number of hydrogen-bond acceptors (Lipinski definition) is 4. The molecule has 0 aliphatic heterocycles. The van der Waals surface area contributed by atoms with Crippen LogP contribution in [0.4, 0.5) is 0 Å². The third-order valence-electron chi connectivity index (χ3n) is 7.49. The second-order valence-electron chi connectivity index (χ2n) is 10.3. The molecule has 39 heavy (non-hydrogen) atoms. The molecule has 194 valence electrons. The highest BCUT2D eigenvalue weighted by Gasteiger charge is 2.40. The van der Waals surface area contributed by atoms with Crippen molar-refractivity contribution < 1.29 is 17.9 Å². The predicted octanol–water partition coefficient (Wildman–Crippen LogP) is 7.62. The van der Waals surface area contributed by atoms with Crippen LogP contribution in [0.25, 0.3) is 27.1 Å². The number of fused-ring (bicyclic) bond motifs is 3. The molecule has 0 spiro atoms. The standard InChI is InChI=1S/C34H28O4S/c1-21-13-15-28(16-14-21)39(36,37)20-22(2)31-30-19-27-17-25-11-7-8-12-26(25)18-29(27)34(38-23(3)35)33(30)32(31)24-9-5-4-6-10-24/h4-19,32H,20H2,1-3H3/b31-22-. The smallest absolute Gasteiger partial charge is 0.308 e. The molecular weight excluding hydrogens is 504 g/mol. The summed E-state index contributed by atoms with van der Waals surface area (Å²) < 4.78 is 32.8. The zero-order chi connectivity index (χ0) is 27.3. The SMILES string of the molecule is CC(=O)Oc1c2c(cc3cc4ccccc4cc13)/C(=C(\C)CS(=O)(=O)c1ccc(C)cc1)C2c1ccccc1. The van der Waals surface area contributed by atoms with Crippen molar-refractivity contribution in [2.24, 2.45) is 0 Å². The van der Waals surface area contributed by atoms with Crippen LogP contribution in [-0.2, 0) is 14.6 Å². The summed E-state index contributed by atoms with van der Waals surface area (Å²) in [6.45, 7) is 5.25. The van der Waals surface area contributed by atoms with Crippen molar-refractivity contribution in [3.63, 3.8) is 0 Å². The zero-order valence-electron chi connectivity index (χ0n) is 22.1. The first-order valence-corrected chi connectivity index (χ1v) is 14.6. The monoisotopic (exact) mass is 532 g/mol. The Morgan fingerprint density at radius 2 is 1.44 bits per heavy atom. The van der Waals surface area contributed by atoms with Gasteiger partial charge in [0.15, 0.2) is 9.84 Å². The molecule has 1 aliphatic carbocycles. The van der Waals surface area contributed by atoms with Gasteiger partial charge >= 0.3 is 5.97 Å². The van der Waals surface area contributed by atoms with E-state index >= 15 is 0 Å². The average molecular weight is 533 g/mol. The summed E-state index contributed by atoms with van der Waals surface area (Å²) in [5.74, 6) is -0.139. The van der Waals surface area contributed by atoms with Crippen LogP contribution >= 0.6 is 0 Å². The first kappa shape index (κ1) is 25.1. The Morgan fingerprint density at radius 3 is 2.10 bits per heavy atom. The first-order valence-electron chi connectivity index (χ1n) is 12.9. The fourth-order valence-electron chi connectivity index (χ4n) is 5.71. The molecule has 5 aromatic rings. The number of allylic oxidation sites excluding steroid dienone is 1. The molecule has 0 heterocycles. The van der Waals surface area contributed by atoms with E-state index in [1.807, 2.05) is 74.5 Å². The van der Waals surface area contributed by atoms with Gasteiger partial charge in [0.25, 0.3) is 0 Å². The quantitative estimate of drug-likeness (QED) is 0.133. The van der Waals surface area contributed by atoms with E-state index in [9.17, 15) is 13.2 Å². The van der Waals surface area contributed by atoms with Crippen molar-refractivity contribution in [3.8, 4) is 5.75 Å². The van der Waals surface area contributed by atoms with Crippen molar-refractivity contribution in [1.82, 2.24) is 0 Å². The fraction of sp³-hybridized carbons (Fsp3) is 0.147. The van der Waals surface area contributed by atoms with E-state index in [2.05, 4.69) is 24.3 Å². The Labute approximate surface area is 228 Å². The van der Waals surface area contributed by atoms with Crippen LogP contribution in [0.5, 0.6) is 5.75 Å². The van der Waals surface area contributed by atoms with Gasteiger partial charge in [0.1, 0.15) is 5.75 Å². The molecule has 0 amide bonds. The highest BCUT2D eigenvalue weighted by Crippen LogP contribution is 2.57. The van der Waals surface area contributed by atoms with Crippen molar-refractivity contribution in [1.29, 1.82) is 0 Å². The molecule has 0 N–H and O–H groups in total. The fourth-order valence-corrected chi connectivity index (χ4v) is 7.15. The van der Waals surface area contributed by atoms with Crippen LogP contribution in [0.15, 0.2) is 108 Å². The van der Waals surface area contributed by atoms with Crippen LogP contribution < -0.4 is 4.74 Å². The van der Waals surface area contributed by atoms with E-state index in [-0.39, 0.29) is 17.6 Å². The van der Waals surface area contributed by atoms with Gasteiger partial charge in [0.05, 0.1) is 10.6 Å². The molecule has 5 heteroatoms. The van der Waals surface area contributed by atoms with Gasteiger partial charge in [-0.25, -0.2) is 8.42 Å². The first-order chi connectivity index (χ1) is 18.7. The molecule has 0 radical (unpaired) electrons. The molecule has 1 unspecified atom stereocenters. The van der Waals surface area contributed by atoms with E-state index in [1.165, 1.54) is 6.92 Å². The maximum absolute atomic E-state index is 13.4. The van der Waals surface area contributed by atoms with Gasteiger partial charge in [-0.3, -0.25) is 4.79 Å². The van der Waals surface area contributed by atoms with Gasteiger partial charge in [-0.1, -0.05) is 77.9 Å². The summed E-state index contributed by atoms with van der Waals surface area (Å²) in [5, 5.41) is 3.96. The minimum Gasteiger partial charge on any atom is -0.426 e. The number of aryl methyl sites for hydroxylation is 1. The number of carbonyl (C=O) groups excluding carboxylic acids is 1. The molecule has 0 bridgehead atoms. The average Bonchev–Trinajstić information content (AvgIpc) is 2.89. The summed E-state index contributed by atoms with van der Waals surface area (Å²) in [6.07, 6.45) is 0. The Bertz CT molecular complexity index is 1900. The van der Waals surface area contributed by atoms with Gasteiger partial charge in [-0.2, -0.15) is 0 Å². The molecule has 0 aromatic heterocycles. The lowest BCUT2D eigenvalue weighted by Gasteiger charge is -2.38. The second kappa shape index (κ2) is 9.51. The molecule has 0 fully saturated rings. The lowest BCUT2D eigenvalue weighted by atomic mass is 9.66. The van der Waals surface area contributed by atoms with Gasteiger partial charge in [0.2, 0.25) is 0 Å². The van der Waals surface area contributed by atoms with Crippen molar-refractivity contribution >= 4 is 42.9 Å². The largest absolute Gasteiger partial charge is 0.426 e. The van der Waals surface area contributed by atoms with Crippen molar-refractivity contribution in [2.45, 2.75) is 31.6 Å². The molecule has 1 aliphatic rings. The van der Waals surface area contributed by atoms with E-state index < -0.39 is 9.84 Å². The topological polar surface area (TPSA) is 60.4 Å². The summed E-state index contributed by atoms with van der Waals surface area (Å²) in [7, 11) is -3.55. The third kappa shape index (κ3) is 4.43. The molecule has 0 saturated heterocycles. The maximum Gasteiger partial charge on any atom is 0.308 e. The number of carbonyl (C=O) groups is 1. The third-order valence-corrected chi connectivity index (χ3v) is 9.29. The molecule has 1 atom stereocenters. The summed E-state index contributed by atoms with van der Waals surface area (Å²) in [4.78, 5) is 12.6. The van der Waals surface area contributed by atoms with Crippen molar-refractivity contribution in [3.05, 3.63) is 125 Å². The molecule has 6 rings (SSSR count). The number of hydrogen-bond donors (Lipinski definition) is 0. The van der Waals surface area contributed by atoms with Crippen LogP contribution in [0.2, 0.25) is 0 Å². The summed E-state index contributed by atoms with van der Waals surface area (Å²) >= 11 is 0. The van der Waals surface area contributed by atoms with Gasteiger partial charge < -0.3 is 4.74 Å². The number of benzene rings is 5. The Kier molecular flexibility index (Phi) is 6.12. The minimum absolute atomic E-state index is 0.0905. The van der Waals surface area contributed by atoms with Gasteiger partial charge in [0, 0.05) is 23.8 Å². The van der Waals surface area contributed by atoms with Crippen LogP contribution in [0, 0.1) is 6.92 Å². The summed E-state index contributed by atoms with van der Waals surface area (Å²) in [5.41, 5.74) is 5.64. The van der Waals surface area contributed by atoms with E-state index in [1.54, 1.807) is 12.1 Å². The molecule has 0 saturated carbocycles. The molecule has 5 aromatic carbocycles. The van der Waals surface area contributed by atoms with E-state index in [0.717, 1.165) is 54.9 Å². The minimum atomic E-state index is -3.55. The number of sulfone groups is 1. The normalized spacial score (nSPS) is 16.0. The van der Waals surface area contributed by atoms with Gasteiger partial charge in [-0.15, -0.1) is 0 Å².